The van der Waals surface area contributed by atoms with Gasteiger partial charge in [-0.25, -0.2) is 4.62 Å². The Kier molecular flexibility index (Phi) is 13.6. The molecule has 6 heteroatoms. The molecule has 0 aliphatic carbocycles. The predicted octanol–water partition coefficient (Wildman–Crippen LogP) is 6.54. The summed E-state index contributed by atoms with van der Waals surface area (Å²) in [7, 11) is 0. The largest absolute Gasteiger partial charge is 0.318 e. The van der Waals surface area contributed by atoms with Crippen molar-refractivity contribution in [2.45, 2.75) is 91.9 Å². The maximum Gasteiger partial charge on any atom is 0.264 e. The third kappa shape index (κ3) is 13.8. The first-order valence-electron chi connectivity index (χ1n) is 9.06. The molecule has 0 spiro atoms. The van der Waals surface area contributed by atoms with Crippen LogP contribution in [0.5, 0.6) is 0 Å². The quantitative estimate of drug-likeness (QED) is 0.209. The topological polar surface area (TPSA) is 30.5 Å². The first-order chi connectivity index (χ1) is 10.7. The van der Waals surface area contributed by atoms with E-state index in [0.29, 0.717) is 17.1 Å². The van der Waals surface area contributed by atoms with Crippen LogP contribution in [-0.4, -0.2) is 17.9 Å². The Morgan fingerprint density at radius 1 is 1.00 bits per heavy atom. The van der Waals surface area contributed by atoms with Gasteiger partial charge in [-0.3, -0.25) is 0 Å². The smallest absolute Gasteiger partial charge is 0.264 e. The van der Waals surface area contributed by atoms with Crippen molar-refractivity contribution in [2.75, 3.05) is 6.54 Å². The molecule has 3 atom stereocenters. The van der Waals surface area contributed by atoms with Crippen LogP contribution in [0.2, 0.25) is 0 Å². The SMILES string of the molecule is CCCCCNOP(=S)(OC(C)CC(C)C)SC(C)CC(C)C. The number of hydrogen-bond acceptors (Lipinski definition) is 5. The lowest BCUT2D eigenvalue weighted by atomic mass is 10.1. The Labute approximate surface area is 153 Å². The lowest BCUT2D eigenvalue weighted by molar-refractivity contribution is 0.140. The summed E-state index contributed by atoms with van der Waals surface area (Å²) in [5.41, 5.74) is 0.724. The molecule has 0 radical (unpaired) electrons. The van der Waals surface area contributed by atoms with Crippen molar-refractivity contribution in [3.63, 3.8) is 0 Å². The van der Waals surface area contributed by atoms with Gasteiger partial charge in [0.1, 0.15) is 0 Å². The Morgan fingerprint density at radius 3 is 2.13 bits per heavy atom. The highest BCUT2D eigenvalue weighted by atomic mass is 32.9. The van der Waals surface area contributed by atoms with E-state index in [1.54, 1.807) is 11.4 Å². The molecule has 1 N–H and O–H groups in total. The van der Waals surface area contributed by atoms with E-state index in [1.807, 2.05) is 0 Å². The number of unbranched alkanes of at least 4 members (excludes halogenated alkanes) is 2. The third-order valence-corrected chi connectivity index (χ3v) is 8.66. The minimum atomic E-state index is -2.35. The zero-order chi connectivity index (χ0) is 17.9. The third-order valence-electron chi connectivity index (χ3n) is 3.28. The molecule has 0 rings (SSSR count). The van der Waals surface area contributed by atoms with Crippen LogP contribution in [0.4, 0.5) is 0 Å². The van der Waals surface area contributed by atoms with Gasteiger partial charge in [-0.15, -0.1) is 0 Å². The van der Waals surface area contributed by atoms with Gasteiger partial charge in [-0.2, -0.15) is 5.48 Å². The Morgan fingerprint density at radius 2 is 1.61 bits per heavy atom. The normalized spacial score (nSPS) is 17.4. The van der Waals surface area contributed by atoms with Crippen molar-refractivity contribution in [3.05, 3.63) is 0 Å². The van der Waals surface area contributed by atoms with Gasteiger partial charge >= 0.3 is 0 Å². The van der Waals surface area contributed by atoms with Gasteiger partial charge in [-0.1, -0.05) is 65.8 Å². The van der Waals surface area contributed by atoms with Gasteiger partial charge in [0.05, 0.1) is 6.10 Å². The average molecular weight is 384 g/mol. The molecule has 0 saturated heterocycles. The van der Waals surface area contributed by atoms with Crippen LogP contribution in [0, 0.1) is 11.8 Å². The van der Waals surface area contributed by atoms with Crippen LogP contribution in [0.25, 0.3) is 0 Å². The molecule has 140 valence electrons. The fourth-order valence-corrected chi connectivity index (χ4v) is 8.70. The molecular formula is C17H38NO2PS2. The molecule has 0 fully saturated rings. The standard InChI is InChI=1S/C17H38NO2PS2/c1-8-9-10-11-18-20-21(22,19-16(6)12-14(2)3)23-17(7)13-15(4)5/h14-18H,8-13H2,1-7H3. The second-order valence-corrected chi connectivity index (χ2v) is 13.7. The van der Waals surface area contributed by atoms with Crippen molar-refractivity contribution < 1.29 is 9.15 Å². The molecule has 0 aromatic carbocycles. The number of rotatable bonds is 14. The molecule has 0 amide bonds. The predicted molar refractivity (Wildman–Crippen MR) is 109 cm³/mol. The maximum absolute atomic E-state index is 6.21. The Hall–Kier alpha value is 0.880. The van der Waals surface area contributed by atoms with E-state index in [2.05, 4.69) is 53.9 Å². The molecule has 0 bridgehead atoms. The van der Waals surface area contributed by atoms with Gasteiger partial charge in [0.25, 0.3) is 5.69 Å². The van der Waals surface area contributed by atoms with Gasteiger partial charge in [-0.05, 0) is 49.8 Å². The highest BCUT2D eigenvalue weighted by Gasteiger charge is 2.27. The van der Waals surface area contributed by atoms with E-state index in [0.717, 1.165) is 25.8 Å². The van der Waals surface area contributed by atoms with Crippen molar-refractivity contribution in [1.29, 1.82) is 0 Å². The number of hydroxylamine groups is 1. The maximum atomic E-state index is 6.21. The molecular weight excluding hydrogens is 345 g/mol. The molecule has 0 aromatic heterocycles. The molecule has 0 aromatic rings. The zero-order valence-electron chi connectivity index (χ0n) is 16.1. The highest BCUT2D eigenvalue weighted by molar-refractivity contribution is 8.68. The van der Waals surface area contributed by atoms with Crippen molar-refractivity contribution in [1.82, 2.24) is 5.48 Å². The highest BCUT2D eigenvalue weighted by Crippen LogP contribution is 2.63. The van der Waals surface area contributed by atoms with E-state index in [4.69, 9.17) is 21.0 Å². The van der Waals surface area contributed by atoms with Gasteiger partial charge in [0.15, 0.2) is 0 Å². The van der Waals surface area contributed by atoms with Gasteiger partial charge in [0.2, 0.25) is 0 Å². The molecule has 3 unspecified atom stereocenters. The second kappa shape index (κ2) is 13.1. The van der Waals surface area contributed by atoms with Gasteiger partial charge in [0, 0.05) is 11.8 Å². The van der Waals surface area contributed by atoms with Crippen LogP contribution in [0.15, 0.2) is 0 Å². The summed E-state index contributed by atoms with van der Waals surface area (Å²) in [6, 6.07) is 0. The van der Waals surface area contributed by atoms with E-state index in [-0.39, 0.29) is 6.10 Å². The van der Waals surface area contributed by atoms with Crippen molar-refractivity contribution >= 4 is 28.9 Å². The van der Waals surface area contributed by atoms with E-state index < -0.39 is 5.69 Å². The first-order valence-corrected chi connectivity index (χ1v) is 13.2. The summed E-state index contributed by atoms with van der Waals surface area (Å²) in [5, 5.41) is 0.449. The van der Waals surface area contributed by atoms with Crippen molar-refractivity contribution in [3.8, 4) is 0 Å². The van der Waals surface area contributed by atoms with Crippen LogP contribution in [0.3, 0.4) is 0 Å². The summed E-state index contributed by atoms with van der Waals surface area (Å²) in [6.45, 7) is 16.3. The Balaban J connectivity index is 4.58. The summed E-state index contributed by atoms with van der Waals surface area (Å²) in [4.78, 5) is 0. The molecule has 0 aliphatic rings. The van der Waals surface area contributed by atoms with Crippen LogP contribution in [-0.2, 0) is 21.0 Å². The molecule has 0 heterocycles. The first kappa shape index (κ1) is 23.9. The van der Waals surface area contributed by atoms with Crippen molar-refractivity contribution in [2.24, 2.45) is 11.8 Å². The average Bonchev–Trinajstić information content (AvgIpc) is 2.35. The van der Waals surface area contributed by atoms with Crippen LogP contribution >= 0.6 is 17.1 Å². The lowest BCUT2D eigenvalue weighted by Gasteiger charge is -2.28. The summed E-state index contributed by atoms with van der Waals surface area (Å²) < 4.78 is 12.1. The zero-order valence-corrected chi connectivity index (χ0v) is 18.7. The Bertz CT molecular complexity index is 319. The summed E-state index contributed by atoms with van der Waals surface area (Å²) in [6.07, 6.45) is 5.80. The monoisotopic (exact) mass is 383 g/mol. The molecule has 3 nitrogen and oxygen atoms in total. The molecule has 0 aliphatic heterocycles. The molecule has 0 saturated carbocycles. The fraction of sp³-hybridized carbons (Fsp3) is 1.00. The van der Waals surface area contributed by atoms with E-state index >= 15 is 0 Å². The second-order valence-electron chi connectivity index (χ2n) is 7.23. The lowest BCUT2D eigenvalue weighted by Crippen LogP contribution is -2.18. The van der Waals surface area contributed by atoms with E-state index in [1.165, 1.54) is 12.8 Å². The summed E-state index contributed by atoms with van der Waals surface area (Å²) in [5.74, 6) is 1.26. The minimum absolute atomic E-state index is 0.136. The van der Waals surface area contributed by atoms with Crippen LogP contribution in [0.1, 0.15) is 80.6 Å². The summed E-state index contributed by atoms with van der Waals surface area (Å²) >= 11 is 7.52. The van der Waals surface area contributed by atoms with Gasteiger partial charge < -0.3 is 4.52 Å². The number of hydrogen-bond donors (Lipinski definition) is 1. The van der Waals surface area contributed by atoms with Crippen LogP contribution < -0.4 is 5.48 Å². The molecule has 23 heavy (non-hydrogen) atoms. The number of nitrogens with one attached hydrogen (secondary N) is 1. The minimum Gasteiger partial charge on any atom is -0.318 e. The fourth-order valence-electron chi connectivity index (χ4n) is 2.49. The van der Waals surface area contributed by atoms with E-state index in [9.17, 15) is 0 Å².